The summed E-state index contributed by atoms with van der Waals surface area (Å²) in [5, 5.41) is 0.528. The van der Waals surface area contributed by atoms with E-state index in [0.717, 1.165) is 43.2 Å². The zero-order chi connectivity index (χ0) is 26.9. The van der Waals surface area contributed by atoms with Gasteiger partial charge in [-0.1, -0.05) is 17.7 Å². The van der Waals surface area contributed by atoms with Crippen molar-refractivity contribution < 1.29 is 27.1 Å². The average Bonchev–Trinajstić information content (AvgIpc) is 3.46. The molecule has 6 nitrogen and oxygen atoms in total. The Morgan fingerprint density at radius 2 is 1.84 bits per heavy atom. The Labute approximate surface area is 224 Å². The first-order chi connectivity index (χ1) is 18.2. The van der Waals surface area contributed by atoms with Gasteiger partial charge in [0.25, 0.3) is 0 Å². The second kappa shape index (κ2) is 11.2. The predicted molar refractivity (Wildman–Crippen MR) is 135 cm³/mol. The molecule has 206 valence electrons. The first kappa shape index (κ1) is 27.0. The standard InChI is InChI=1S/C27H31ClF4N4O2/c28-20-15-33-26(34-16-20)35-9-5-17(6-10-35)22-12-18(22)7-11-38-21-4-3-19(23(29)14-21)13-25(37)36-8-1-2-24(36)27(30,31)32/h3-4,14-18,22,24H,1-2,5-13H2/t18-,22-,24-/m1/s1. The van der Waals surface area contributed by atoms with Crippen molar-refractivity contribution in [3.8, 4) is 5.75 Å². The van der Waals surface area contributed by atoms with E-state index in [-0.39, 0.29) is 18.5 Å². The highest BCUT2D eigenvalue weighted by atomic mass is 35.5. The number of halogens is 5. The smallest absolute Gasteiger partial charge is 0.408 e. The van der Waals surface area contributed by atoms with Gasteiger partial charge in [0.1, 0.15) is 17.6 Å². The van der Waals surface area contributed by atoms with Crippen molar-refractivity contribution in [1.29, 1.82) is 0 Å². The predicted octanol–water partition coefficient (Wildman–Crippen LogP) is 5.69. The monoisotopic (exact) mass is 554 g/mol. The van der Waals surface area contributed by atoms with E-state index in [1.807, 2.05) is 0 Å². The van der Waals surface area contributed by atoms with Gasteiger partial charge in [-0.15, -0.1) is 0 Å². The molecule has 5 rings (SSSR count). The number of piperidine rings is 1. The summed E-state index contributed by atoms with van der Waals surface area (Å²) in [5.41, 5.74) is 0.0766. The van der Waals surface area contributed by atoms with Crippen LogP contribution in [-0.2, 0) is 11.2 Å². The molecule has 38 heavy (non-hydrogen) atoms. The van der Waals surface area contributed by atoms with Gasteiger partial charge in [-0.3, -0.25) is 4.79 Å². The van der Waals surface area contributed by atoms with Crippen LogP contribution in [0, 0.1) is 23.6 Å². The lowest BCUT2D eigenvalue weighted by Crippen LogP contribution is -2.45. The fourth-order valence-corrected chi connectivity index (χ4v) is 6.03. The highest BCUT2D eigenvalue weighted by Crippen LogP contribution is 2.50. The number of hydrogen-bond acceptors (Lipinski definition) is 5. The van der Waals surface area contributed by atoms with Crippen LogP contribution in [0.25, 0.3) is 0 Å². The Morgan fingerprint density at radius 3 is 2.53 bits per heavy atom. The van der Waals surface area contributed by atoms with Gasteiger partial charge in [-0.05, 0) is 67.9 Å². The maximum Gasteiger partial charge on any atom is 0.408 e. The third kappa shape index (κ3) is 6.33. The first-order valence-corrected chi connectivity index (χ1v) is 13.6. The molecule has 1 aromatic heterocycles. The third-order valence-electron chi connectivity index (χ3n) is 8.09. The Kier molecular flexibility index (Phi) is 7.98. The number of likely N-dealkylation sites (tertiary alicyclic amines) is 1. The van der Waals surface area contributed by atoms with E-state index in [2.05, 4.69) is 14.9 Å². The van der Waals surface area contributed by atoms with Gasteiger partial charge in [0.2, 0.25) is 11.9 Å². The largest absolute Gasteiger partial charge is 0.493 e. The van der Waals surface area contributed by atoms with Crippen molar-refractivity contribution in [2.45, 2.75) is 57.2 Å². The SMILES string of the molecule is O=C(Cc1ccc(OCC[C@@H]2C[C@@H]2C2CCN(c3ncc(Cl)cn3)CC2)cc1F)N1CCC[C@@H]1C(F)(F)F. The van der Waals surface area contributed by atoms with E-state index in [1.165, 1.54) is 18.6 Å². The first-order valence-electron chi connectivity index (χ1n) is 13.2. The number of hydrogen-bond donors (Lipinski definition) is 0. The molecule has 3 aliphatic rings. The molecule has 0 unspecified atom stereocenters. The summed E-state index contributed by atoms with van der Waals surface area (Å²) in [6, 6.07) is 2.44. The van der Waals surface area contributed by atoms with Crippen molar-refractivity contribution in [1.82, 2.24) is 14.9 Å². The lowest BCUT2D eigenvalue weighted by Gasteiger charge is -2.32. The van der Waals surface area contributed by atoms with Crippen molar-refractivity contribution in [2.24, 2.45) is 17.8 Å². The number of ether oxygens (including phenoxy) is 1. The number of carbonyl (C=O) groups excluding carboxylic acids is 1. The molecule has 1 amide bonds. The van der Waals surface area contributed by atoms with E-state index in [0.29, 0.717) is 41.6 Å². The second-order valence-electron chi connectivity index (χ2n) is 10.5. The van der Waals surface area contributed by atoms with Crippen LogP contribution in [0.15, 0.2) is 30.6 Å². The maximum atomic E-state index is 14.6. The Hall–Kier alpha value is -2.62. The van der Waals surface area contributed by atoms with Gasteiger partial charge in [0.05, 0.1) is 30.4 Å². The fourth-order valence-electron chi connectivity index (χ4n) is 5.94. The van der Waals surface area contributed by atoms with Crippen LogP contribution in [0.3, 0.4) is 0 Å². The Bertz CT molecular complexity index is 1130. The number of nitrogens with zero attached hydrogens (tertiary/aromatic N) is 4. The van der Waals surface area contributed by atoms with Crippen LogP contribution in [0.4, 0.5) is 23.5 Å². The molecule has 0 radical (unpaired) electrons. The molecule has 3 fully saturated rings. The van der Waals surface area contributed by atoms with E-state index in [9.17, 15) is 22.4 Å². The van der Waals surface area contributed by atoms with E-state index < -0.39 is 30.4 Å². The molecule has 2 aromatic rings. The number of benzene rings is 1. The maximum absolute atomic E-state index is 14.6. The zero-order valence-corrected chi connectivity index (χ0v) is 21.7. The molecule has 2 saturated heterocycles. The molecule has 0 bridgehead atoms. The number of rotatable bonds is 8. The fraction of sp³-hybridized carbons (Fsp3) is 0.593. The summed E-state index contributed by atoms with van der Waals surface area (Å²) in [6.45, 7) is 2.37. The van der Waals surface area contributed by atoms with Crippen LogP contribution in [0.1, 0.15) is 44.1 Å². The lowest BCUT2D eigenvalue weighted by molar-refractivity contribution is -0.182. The quantitative estimate of drug-likeness (QED) is 0.393. The molecule has 1 aromatic carbocycles. The minimum atomic E-state index is -4.47. The molecule has 11 heteroatoms. The lowest BCUT2D eigenvalue weighted by atomic mass is 9.90. The van der Waals surface area contributed by atoms with Crippen LogP contribution < -0.4 is 9.64 Å². The van der Waals surface area contributed by atoms with Gasteiger partial charge >= 0.3 is 6.18 Å². The van der Waals surface area contributed by atoms with E-state index >= 15 is 0 Å². The van der Waals surface area contributed by atoms with E-state index in [4.69, 9.17) is 16.3 Å². The topological polar surface area (TPSA) is 58.6 Å². The van der Waals surface area contributed by atoms with Gasteiger partial charge in [-0.25, -0.2) is 14.4 Å². The average molecular weight is 555 g/mol. The number of carbonyl (C=O) groups is 1. The normalized spacial score (nSPS) is 24.1. The highest BCUT2D eigenvalue weighted by molar-refractivity contribution is 6.30. The molecule has 3 heterocycles. The van der Waals surface area contributed by atoms with Gasteiger partial charge in [0.15, 0.2) is 0 Å². The summed E-state index contributed by atoms with van der Waals surface area (Å²) in [7, 11) is 0. The molecular formula is C27H31ClF4N4O2. The van der Waals surface area contributed by atoms with Crippen LogP contribution in [0.5, 0.6) is 5.75 Å². The van der Waals surface area contributed by atoms with Gasteiger partial charge < -0.3 is 14.5 Å². The van der Waals surface area contributed by atoms with E-state index in [1.54, 1.807) is 18.5 Å². The van der Waals surface area contributed by atoms with Crippen LogP contribution >= 0.6 is 11.6 Å². The number of anilines is 1. The summed E-state index contributed by atoms with van der Waals surface area (Å²) in [6.07, 6.45) is 2.82. The van der Waals surface area contributed by atoms with Gasteiger partial charge in [0, 0.05) is 25.7 Å². The summed E-state index contributed by atoms with van der Waals surface area (Å²) in [5.74, 6) is 1.69. The molecule has 2 aliphatic heterocycles. The summed E-state index contributed by atoms with van der Waals surface area (Å²) >= 11 is 5.87. The molecule has 3 atom stereocenters. The van der Waals surface area contributed by atoms with Gasteiger partial charge in [-0.2, -0.15) is 13.2 Å². The highest BCUT2D eigenvalue weighted by Gasteiger charge is 2.47. The Balaban J connectivity index is 1.04. The molecule has 1 saturated carbocycles. The Morgan fingerprint density at radius 1 is 1.11 bits per heavy atom. The van der Waals surface area contributed by atoms with Crippen LogP contribution in [-0.4, -0.2) is 59.2 Å². The number of alkyl halides is 3. The van der Waals surface area contributed by atoms with Crippen molar-refractivity contribution >= 4 is 23.5 Å². The number of amides is 1. The summed E-state index contributed by atoms with van der Waals surface area (Å²) in [4.78, 5) is 24.1. The van der Waals surface area contributed by atoms with Crippen molar-refractivity contribution in [2.75, 3.05) is 31.1 Å². The summed E-state index contributed by atoms with van der Waals surface area (Å²) < 4.78 is 59.8. The minimum absolute atomic E-state index is 0.0455. The third-order valence-corrected chi connectivity index (χ3v) is 8.28. The van der Waals surface area contributed by atoms with Crippen molar-refractivity contribution in [3.05, 3.63) is 47.0 Å². The molecule has 0 spiro atoms. The van der Waals surface area contributed by atoms with Crippen LogP contribution in [0.2, 0.25) is 5.02 Å². The molecule has 1 aliphatic carbocycles. The second-order valence-corrected chi connectivity index (χ2v) is 11.0. The minimum Gasteiger partial charge on any atom is -0.493 e. The number of aromatic nitrogens is 2. The zero-order valence-electron chi connectivity index (χ0n) is 21.0. The van der Waals surface area contributed by atoms with Crippen molar-refractivity contribution in [3.63, 3.8) is 0 Å². The molecular weight excluding hydrogens is 524 g/mol. The molecule has 0 N–H and O–H groups in total.